The first-order chi connectivity index (χ1) is 8.80. The number of hydrogen-bond acceptors (Lipinski definition) is 3. The molecule has 4 nitrogen and oxygen atoms in total. The smallest absolute Gasteiger partial charge is 0.203 e. The van der Waals surface area contributed by atoms with Gasteiger partial charge in [-0.25, -0.2) is 0 Å². The van der Waals surface area contributed by atoms with Crippen molar-refractivity contribution >= 4 is 0 Å². The molecule has 0 spiro atoms. The van der Waals surface area contributed by atoms with Gasteiger partial charge in [0.1, 0.15) is 6.04 Å². The van der Waals surface area contributed by atoms with Gasteiger partial charge in [-0.3, -0.25) is 0 Å². The maximum atomic E-state index is 5.39. The van der Waals surface area contributed by atoms with Crippen molar-refractivity contribution in [1.82, 2.24) is 0 Å². The summed E-state index contributed by atoms with van der Waals surface area (Å²) in [7, 11) is 4.95. The second-order valence-electron chi connectivity index (χ2n) is 4.59. The van der Waals surface area contributed by atoms with E-state index < -0.39 is 0 Å². The molecule has 0 aromatic heterocycles. The zero-order chi connectivity index (χ0) is 13.0. The Bertz CT molecular complexity index is 375. The Labute approximate surface area is 108 Å². The van der Waals surface area contributed by atoms with Gasteiger partial charge in [0.05, 0.1) is 27.9 Å². The summed E-state index contributed by atoms with van der Waals surface area (Å²) in [5, 5.41) is 2.39. The lowest BCUT2D eigenvalue weighted by atomic mass is 9.97. The van der Waals surface area contributed by atoms with Gasteiger partial charge in [-0.1, -0.05) is 0 Å². The highest BCUT2D eigenvalue weighted by atomic mass is 16.5. The van der Waals surface area contributed by atoms with Crippen molar-refractivity contribution in [1.29, 1.82) is 0 Å². The Hall–Kier alpha value is -1.42. The van der Waals surface area contributed by atoms with E-state index in [4.69, 9.17) is 14.2 Å². The van der Waals surface area contributed by atoms with Crippen LogP contribution in [0.4, 0.5) is 0 Å². The number of hydrogen-bond donors (Lipinski definition) is 1. The summed E-state index contributed by atoms with van der Waals surface area (Å²) in [6.07, 6.45) is 3.80. The van der Waals surface area contributed by atoms with E-state index in [2.05, 4.69) is 17.4 Å². The van der Waals surface area contributed by atoms with Crippen molar-refractivity contribution in [2.24, 2.45) is 0 Å². The summed E-state index contributed by atoms with van der Waals surface area (Å²) in [6, 6.07) is 4.63. The highest BCUT2D eigenvalue weighted by molar-refractivity contribution is 5.54. The number of benzene rings is 1. The van der Waals surface area contributed by atoms with Gasteiger partial charge in [0, 0.05) is 12.0 Å². The molecule has 4 heteroatoms. The van der Waals surface area contributed by atoms with Crippen LogP contribution in [0.5, 0.6) is 17.2 Å². The molecule has 0 amide bonds. The summed E-state index contributed by atoms with van der Waals surface area (Å²) in [5.41, 5.74) is 1.25. The van der Waals surface area contributed by atoms with Crippen LogP contribution in [0.2, 0.25) is 0 Å². The van der Waals surface area contributed by atoms with Crippen molar-refractivity contribution in [2.45, 2.75) is 25.3 Å². The summed E-state index contributed by atoms with van der Waals surface area (Å²) in [6.45, 7) is 1.20. The molecule has 2 rings (SSSR count). The van der Waals surface area contributed by atoms with Crippen molar-refractivity contribution < 1.29 is 19.5 Å². The number of ether oxygens (including phenoxy) is 3. The van der Waals surface area contributed by atoms with E-state index >= 15 is 0 Å². The van der Waals surface area contributed by atoms with Crippen molar-refractivity contribution in [3.63, 3.8) is 0 Å². The van der Waals surface area contributed by atoms with Gasteiger partial charge < -0.3 is 19.5 Å². The third-order valence-electron chi connectivity index (χ3n) is 3.54. The van der Waals surface area contributed by atoms with Crippen LogP contribution in [0.1, 0.15) is 30.9 Å². The van der Waals surface area contributed by atoms with Crippen LogP contribution in [0.3, 0.4) is 0 Å². The molecule has 0 saturated carbocycles. The van der Waals surface area contributed by atoms with Gasteiger partial charge in [-0.2, -0.15) is 0 Å². The molecular formula is C14H22NO3+. The minimum absolute atomic E-state index is 0.507. The average molecular weight is 252 g/mol. The minimum atomic E-state index is 0.507. The summed E-state index contributed by atoms with van der Waals surface area (Å²) < 4.78 is 16.1. The Kier molecular flexibility index (Phi) is 4.31. The molecule has 1 aromatic rings. The fraction of sp³-hybridized carbons (Fsp3) is 0.571. The van der Waals surface area contributed by atoms with E-state index in [1.165, 1.54) is 31.4 Å². The SMILES string of the molecule is COc1cc([C@@H]2CCCC[NH2+]2)cc(OC)c1OC. The van der Waals surface area contributed by atoms with E-state index in [0.29, 0.717) is 11.8 Å². The van der Waals surface area contributed by atoms with Crippen LogP contribution in [-0.4, -0.2) is 27.9 Å². The first-order valence-electron chi connectivity index (χ1n) is 6.43. The normalized spacial score (nSPS) is 19.4. The molecule has 1 saturated heterocycles. The predicted molar refractivity (Wildman–Crippen MR) is 69.5 cm³/mol. The predicted octanol–water partition coefficient (Wildman–Crippen LogP) is 1.50. The Morgan fingerprint density at radius 2 is 1.67 bits per heavy atom. The summed E-state index contributed by atoms with van der Waals surface area (Å²) >= 11 is 0. The maximum Gasteiger partial charge on any atom is 0.203 e. The molecule has 1 aromatic carbocycles. The van der Waals surface area contributed by atoms with Gasteiger partial charge >= 0.3 is 0 Å². The second kappa shape index (κ2) is 5.96. The zero-order valence-electron chi connectivity index (χ0n) is 11.4. The van der Waals surface area contributed by atoms with Crippen molar-refractivity contribution in [2.75, 3.05) is 27.9 Å². The van der Waals surface area contributed by atoms with Crippen LogP contribution in [0, 0.1) is 0 Å². The third-order valence-corrected chi connectivity index (χ3v) is 3.54. The van der Waals surface area contributed by atoms with E-state index in [1.807, 2.05) is 0 Å². The molecular weight excluding hydrogens is 230 g/mol. The largest absolute Gasteiger partial charge is 0.493 e. The zero-order valence-corrected chi connectivity index (χ0v) is 11.4. The van der Waals surface area contributed by atoms with Crippen LogP contribution >= 0.6 is 0 Å². The minimum Gasteiger partial charge on any atom is -0.493 e. The average Bonchev–Trinajstić information content (AvgIpc) is 2.46. The van der Waals surface area contributed by atoms with Gasteiger partial charge in [-0.15, -0.1) is 0 Å². The molecule has 2 N–H and O–H groups in total. The summed E-state index contributed by atoms with van der Waals surface area (Å²) in [5.74, 6) is 2.15. The molecule has 18 heavy (non-hydrogen) atoms. The lowest BCUT2D eigenvalue weighted by molar-refractivity contribution is -0.704. The van der Waals surface area contributed by atoms with Gasteiger partial charge in [0.25, 0.3) is 0 Å². The molecule has 1 aliphatic heterocycles. The molecule has 0 unspecified atom stereocenters. The summed E-state index contributed by atoms with van der Waals surface area (Å²) in [4.78, 5) is 0. The number of nitrogens with two attached hydrogens (primary N) is 1. The Morgan fingerprint density at radius 3 is 2.11 bits per heavy atom. The highest BCUT2D eigenvalue weighted by Gasteiger charge is 2.22. The van der Waals surface area contributed by atoms with Gasteiger partial charge in [-0.05, 0) is 25.0 Å². The lowest BCUT2D eigenvalue weighted by Crippen LogP contribution is -2.86. The molecule has 0 bridgehead atoms. The number of rotatable bonds is 4. The van der Waals surface area contributed by atoms with Gasteiger partial charge in [0.15, 0.2) is 11.5 Å². The fourth-order valence-electron chi connectivity index (χ4n) is 2.56. The quantitative estimate of drug-likeness (QED) is 0.883. The molecule has 0 radical (unpaired) electrons. The van der Waals surface area contributed by atoms with Crippen LogP contribution in [0.15, 0.2) is 12.1 Å². The first-order valence-corrected chi connectivity index (χ1v) is 6.43. The maximum absolute atomic E-state index is 5.39. The number of piperidine rings is 1. The van der Waals surface area contributed by atoms with Crippen molar-refractivity contribution in [3.8, 4) is 17.2 Å². The van der Waals surface area contributed by atoms with Crippen molar-refractivity contribution in [3.05, 3.63) is 17.7 Å². The molecule has 1 atom stereocenters. The van der Waals surface area contributed by atoms with Crippen LogP contribution < -0.4 is 19.5 Å². The first kappa shape index (κ1) is 13.0. The lowest BCUT2D eigenvalue weighted by Gasteiger charge is -2.22. The molecule has 1 aliphatic rings. The number of methoxy groups -OCH3 is 3. The molecule has 1 fully saturated rings. The van der Waals surface area contributed by atoms with Crippen LogP contribution in [0.25, 0.3) is 0 Å². The molecule has 1 heterocycles. The standard InChI is InChI=1S/C14H21NO3/c1-16-12-8-10(11-6-4-5-7-15-11)9-13(17-2)14(12)18-3/h8-9,11,15H,4-7H2,1-3H3/p+1/t11-/m0/s1. The Balaban J connectivity index is 2.35. The third kappa shape index (κ3) is 2.53. The van der Waals surface area contributed by atoms with E-state index in [9.17, 15) is 0 Å². The Morgan fingerprint density at radius 1 is 1.00 bits per heavy atom. The van der Waals surface area contributed by atoms with Gasteiger partial charge in [0.2, 0.25) is 5.75 Å². The van der Waals surface area contributed by atoms with E-state index in [0.717, 1.165) is 11.5 Å². The fourth-order valence-corrected chi connectivity index (χ4v) is 2.56. The monoisotopic (exact) mass is 252 g/mol. The highest BCUT2D eigenvalue weighted by Crippen LogP contribution is 2.39. The molecule has 0 aliphatic carbocycles. The number of quaternary nitrogens is 1. The molecule has 100 valence electrons. The van der Waals surface area contributed by atoms with E-state index in [-0.39, 0.29) is 0 Å². The van der Waals surface area contributed by atoms with E-state index in [1.54, 1.807) is 21.3 Å². The van der Waals surface area contributed by atoms with Crippen LogP contribution in [-0.2, 0) is 0 Å². The second-order valence-corrected chi connectivity index (χ2v) is 4.59. The topological polar surface area (TPSA) is 44.3 Å².